The smallest absolute Gasteiger partial charge is 0.242 e. The van der Waals surface area contributed by atoms with Crippen LogP contribution in [-0.4, -0.2) is 23.8 Å². The Bertz CT molecular complexity index is 468. The lowest BCUT2D eigenvalue weighted by Gasteiger charge is -2.09. The largest absolute Gasteiger partial charge is 0.364 e. The van der Waals surface area contributed by atoms with Crippen LogP contribution in [0.15, 0.2) is 27.6 Å². The van der Waals surface area contributed by atoms with Crippen LogP contribution in [0.25, 0.3) is 0 Å². The van der Waals surface area contributed by atoms with Gasteiger partial charge in [-0.25, -0.2) is 0 Å². The van der Waals surface area contributed by atoms with E-state index < -0.39 is 0 Å². The summed E-state index contributed by atoms with van der Waals surface area (Å²) in [7, 11) is 1.68. The molecule has 0 fully saturated rings. The average Bonchev–Trinajstić information content (AvgIpc) is 2.39. The first-order valence-electron chi connectivity index (χ1n) is 5.74. The molecular formula is C12H16BrN3OS2. The van der Waals surface area contributed by atoms with Crippen LogP contribution in [0.1, 0.15) is 12.5 Å². The number of hydrogen-bond donors (Lipinski definition) is 3. The third kappa shape index (κ3) is 5.80. The summed E-state index contributed by atoms with van der Waals surface area (Å²) in [6.07, 6.45) is 0.301. The summed E-state index contributed by atoms with van der Waals surface area (Å²) in [6, 6.07) is 5.94. The van der Waals surface area contributed by atoms with Crippen LogP contribution in [0.2, 0.25) is 0 Å². The monoisotopic (exact) mass is 361 g/mol. The van der Waals surface area contributed by atoms with E-state index in [1.807, 2.05) is 18.2 Å². The van der Waals surface area contributed by atoms with Crippen molar-refractivity contribution in [3.8, 4) is 0 Å². The summed E-state index contributed by atoms with van der Waals surface area (Å²) in [6.45, 7) is 2.11. The van der Waals surface area contributed by atoms with Gasteiger partial charge in [-0.3, -0.25) is 15.6 Å². The van der Waals surface area contributed by atoms with Gasteiger partial charge in [-0.2, -0.15) is 0 Å². The van der Waals surface area contributed by atoms with Crippen LogP contribution in [0, 0.1) is 0 Å². The van der Waals surface area contributed by atoms with E-state index in [1.165, 1.54) is 4.90 Å². The topological polar surface area (TPSA) is 53.2 Å². The number of benzene rings is 1. The van der Waals surface area contributed by atoms with E-state index in [1.54, 1.807) is 18.8 Å². The Labute approximate surface area is 131 Å². The molecule has 1 rings (SSSR count). The van der Waals surface area contributed by atoms with Gasteiger partial charge in [0.15, 0.2) is 5.11 Å². The number of thioether (sulfide) groups is 1. The highest BCUT2D eigenvalue weighted by Crippen LogP contribution is 2.28. The zero-order chi connectivity index (χ0) is 14.3. The second-order valence-corrected chi connectivity index (χ2v) is 6.20. The molecule has 0 spiro atoms. The van der Waals surface area contributed by atoms with Gasteiger partial charge in [0.25, 0.3) is 0 Å². The van der Waals surface area contributed by atoms with E-state index in [0.29, 0.717) is 11.5 Å². The van der Waals surface area contributed by atoms with Crippen molar-refractivity contribution in [1.29, 1.82) is 0 Å². The molecule has 3 N–H and O–H groups in total. The fourth-order valence-corrected chi connectivity index (χ4v) is 2.84. The highest BCUT2D eigenvalue weighted by Gasteiger charge is 2.06. The standard InChI is InChI=1S/C12H16BrN3OS2/c1-3-19-10-5-4-8(6-9(10)13)7-11(17)15-16-12(18)14-2/h4-6H,3,7H2,1-2H3,(H,15,17)(H2,14,16,18). The molecule has 0 aliphatic heterocycles. The maximum atomic E-state index is 11.7. The van der Waals surface area contributed by atoms with Crippen LogP contribution >= 0.6 is 39.9 Å². The number of nitrogens with one attached hydrogen (secondary N) is 3. The Balaban J connectivity index is 2.55. The predicted octanol–water partition coefficient (Wildman–Crippen LogP) is 2.23. The molecule has 19 heavy (non-hydrogen) atoms. The van der Waals surface area contributed by atoms with E-state index in [4.69, 9.17) is 12.2 Å². The lowest BCUT2D eigenvalue weighted by molar-refractivity contribution is -0.121. The highest BCUT2D eigenvalue weighted by molar-refractivity contribution is 9.10. The quantitative estimate of drug-likeness (QED) is 0.436. The van der Waals surface area contributed by atoms with E-state index >= 15 is 0 Å². The Hall–Kier alpha value is -0.790. The minimum atomic E-state index is -0.139. The number of amides is 1. The van der Waals surface area contributed by atoms with Crippen molar-refractivity contribution in [2.75, 3.05) is 12.8 Å². The predicted molar refractivity (Wildman–Crippen MR) is 87.2 cm³/mol. The molecule has 0 atom stereocenters. The van der Waals surface area contributed by atoms with Crippen LogP contribution in [0.4, 0.5) is 0 Å². The SMILES string of the molecule is CCSc1ccc(CC(=O)NNC(=S)NC)cc1Br. The van der Waals surface area contributed by atoms with Crippen LogP contribution in [0.3, 0.4) is 0 Å². The molecule has 0 radical (unpaired) electrons. The minimum Gasteiger partial charge on any atom is -0.364 e. The van der Waals surface area contributed by atoms with Gasteiger partial charge in [0, 0.05) is 16.4 Å². The van der Waals surface area contributed by atoms with Crippen molar-refractivity contribution in [2.45, 2.75) is 18.2 Å². The van der Waals surface area contributed by atoms with Crippen LogP contribution < -0.4 is 16.2 Å². The maximum absolute atomic E-state index is 11.7. The molecule has 0 heterocycles. The molecule has 1 amide bonds. The molecule has 0 bridgehead atoms. The van der Waals surface area contributed by atoms with Crippen molar-refractivity contribution in [2.24, 2.45) is 0 Å². The van der Waals surface area contributed by atoms with Gasteiger partial charge < -0.3 is 5.32 Å². The van der Waals surface area contributed by atoms with E-state index in [9.17, 15) is 4.79 Å². The zero-order valence-electron chi connectivity index (χ0n) is 10.7. The van der Waals surface area contributed by atoms with Gasteiger partial charge in [-0.15, -0.1) is 11.8 Å². The van der Waals surface area contributed by atoms with Crippen molar-refractivity contribution < 1.29 is 4.79 Å². The first-order chi connectivity index (χ1) is 9.06. The summed E-state index contributed by atoms with van der Waals surface area (Å²) >= 11 is 10.1. The Morgan fingerprint density at radius 1 is 1.42 bits per heavy atom. The number of hydrazine groups is 1. The molecular weight excluding hydrogens is 346 g/mol. The normalized spacial score (nSPS) is 9.84. The number of rotatable bonds is 4. The second kappa shape index (κ2) is 8.39. The van der Waals surface area contributed by atoms with Crippen molar-refractivity contribution >= 4 is 50.9 Å². The summed E-state index contributed by atoms with van der Waals surface area (Å²) in [4.78, 5) is 12.9. The Morgan fingerprint density at radius 3 is 2.74 bits per heavy atom. The lowest BCUT2D eigenvalue weighted by Crippen LogP contribution is -2.46. The van der Waals surface area contributed by atoms with Crippen molar-refractivity contribution in [3.05, 3.63) is 28.2 Å². The second-order valence-electron chi connectivity index (χ2n) is 3.63. The number of carbonyl (C=O) groups is 1. The molecule has 0 saturated heterocycles. The number of halogens is 1. The fraction of sp³-hybridized carbons (Fsp3) is 0.333. The van der Waals surface area contributed by atoms with Crippen LogP contribution in [0.5, 0.6) is 0 Å². The molecule has 0 saturated carbocycles. The fourth-order valence-electron chi connectivity index (χ4n) is 1.35. The number of carbonyl (C=O) groups excluding carboxylic acids is 1. The molecule has 0 unspecified atom stereocenters. The van der Waals surface area contributed by atoms with Crippen LogP contribution in [-0.2, 0) is 11.2 Å². The molecule has 1 aromatic carbocycles. The summed E-state index contributed by atoms with van der Waals surface area (Å²) in [5, 5.41) is 3.09. The third-order valence-corrected chi connectivity index (χ3v) is 4.38. The minimum absolute atomic E-state index is 0.139. The average molecular weight is 362 g/mol. The third-order valence-electron chi connectivity index (χ3n) is 2.20. The molecule has 0 aromatic heterocycles. The first-order valence-corrected chi connectivity index (χ1v) is 7.93. The summed E-state index contributed by atoms with van der Waals surface area (Å²) < 4.78 is 1.02. The van der Waals surface area contributed by atoms with E-state index in [2.05, 4.69) is 39.0 Å². The van der Waals surface area contributed by atoms with Gasteiger partial charge in [-0.1, -0.05) is 13.0 Å². The van der Waals surface area contributed by atoms with Crippen molar-refractivity contribution in [1.82, 2.24) is 16.2 Å². The molecule has 1 aromatic rings. The van der Waals surface area contributed by atoms with Gasteiger partial charge in [0.05, 0.1) is 6.42 Å². The summed E-state index contributed by atoms with van der Waals surface area (Å²) in [5.74, 6) is 0.879. The maximum Gasteiger partial charge on any atom is 0.242 e. The van der Waals surface area contributed by atoms with Gasteiger partial charge in [0.1, 0.15) is 0 Å². The van der Waals surface area contributed by atoms with E-state index in [-0.39, 0.29) is 5.91 Å². The first kappa shape index (κ1) is 16.3. The zero-order valence-corrected chi connectivity index (χ0v) is 14.0. The molecule has 104 valence electrons. The number of hydrogen-bond acceptors (Lipinski definition) is 3. The van der Waals surface area contributed by atoms with Gasteiger partial charge in [-0.05, 0) is 51.6 Å². The Kier molecular flexibility index (Phi) is 7.19. The Morgan fingerprint density at radius 2 is 2.16 bits per heavy atom. The molecule has 7 heteroatoms. The van der Waals surface area contributed by atoms with Gasteiger partial charge >= 0.3 is 0 Å². The van der Waals surface area contributed by atoms with Gasteiger partial charge in [0.2, 0.25) is 5.91 Å². The van der Waals surface area contributed by atoms with Crippen molar-refractivity contribution in [3.63, 3.8) is 0 Å². The number of thiocarbonyl (C=S) groups is 1. The molecule has 0 aliphatic rings. The molecule has 4 nitrogen and oxygen atoms in total. The lowest BCUT2D eigenvalue weighted by atomic mass is 10.1. The molecule has 0 aliphatic carbocycles. The summed E-state index contributed by atoms with van der Waals surface area (Å²) in [5.41, 5.74) is 6.08. The van der Waals surface area contributed by atoms with E-state index in [0.717, 1.165) is 15.8 Å². The highest BCUT2D eigenvalue weighted by atomic mass is 79.9.